The molecule has 3 fully saturated rings. The van der Waals surface area contributed by atoms with Crippen molar-refractivity contribution in [3.63, 3.8) is 0 Å². The monoisotopic (exact) mass is 283 g/mol. The van der Waals surface area contributed by atoms with Gasteiger partial charge in [0.25, 0.3) is 5.91 Å². The Labute approximate surface area is 124 Å². The predicted molar refractivity (Wildman–Crippen MR) is 82.6 cm³/mol. The average Bonchev–Trinajstić information content (AvgIpc) is 2.89. The molecule has 2 aromatic rings. The number of rotatable bonds is 2. The van der Waals surface area contributed by atoms with Crippen molar-refractivity contribution >= 4 is 11.4 Å². The second-order valence-corrected chi connectivity index (χ2v) is 6.42. The van der Waals surface area contributed by atoms with Gasteiger partial charge < -0.3 is 14.6 Å². The summed E-state index contributed by atoms with van der Waals surface area (Å²) >= 11 is 0. The van der Waals surface area contributed by atoms with Crippen LogP contribution < -0.4 is 5.32 Å². The Morgan fingerprint density at radius 1 is 1.24 bits per heavy atom. The molecule has 3 aliphatic rings. The third-order valence-corrected chi connectivity index (χ3v) is 5.11. The minimum absolute atomic E-state index is 0.0665. The summed E-state index contributed by atoms with van der Waals surface area (Å²) in [7, 11) is 0. The van der Waals surface area contributed by atoms with Gasteiger partial charge in [-0.15, -0.1) is 0 Å². The van der Waals surface area contributed by atoms with Crippen LogP contribution in [0.1, 0.15) is 28.8 Å². The van der Waals surface area contributed by atoms with Gasteiger partial charge in [-0.25, -0.2) is 0 Å². The fourth-order valence-corrected chi connectivity index (χ4v) is 3.76. The van der Waals surface area contributed by atoms with E-state index in [9.17, 15) is 4.79 Å². The Balaban J connectivity index is 1.54. The molecule has 0 aliphatic carbocycles. The summed E-state index contributed by atoms with van der Waals surface area (Å²) in [4.78, 5) is 15.0. The number of aryl methyl sites for hydroxylation is 1. The third kappa shape index (κ3) is 2.23. The molecular formula is C17H21N3O. The molecule has 0 saturated carbocycles. The zero-order valence-corrected chi connectivity index (χ0v) is 12.4. The Bertz CT molecular complexity index is 682. The van der Waals surface area contributed by atoms with Crippen molar-refractivity contribution in [3.8, 4) is 0 Å². The number of aromatic nitrogens is 1. The standard InChI is InChI=1S/C17H21N3O/c1-12-2-8-20-9-5-14(10-16(12)20)17(21)18-15-11-19-6-3-13(15)4-7-19/h2,5,8-10,13,15H,3-4,6-7,11H2,1H3,(H,18,21). The molecule has 0 aromatic carbocycles. The van der Waals surface area contributed by atoms with Crippen LogP contribution in [0, 0.1) is 12.8 Å². The first kappa shape index (κ1) is 12.9. The van der Waals surface area contributed by atoms with E-state index in [1.165, 1.54) is 31.5 Å². The lowest BCUT2D eigenvalue weighted by Crippen LogP contribution is -2.57. The number of amides is 1. The van der Waals surface area contributed by atoms with Crippen molar-refractivity contribution in [1.29, 1.82) is 0 Å². The first-order valence-electron chi connectivity index (χ1n) is 7.81. The largest absolute Gasteiger partial charge is 0.348 e. The van der Waals surface area contributed by atoms with E-state index in [2.05, 4.69) is 27.6 Å². The molecule has 1 unspecified atom stereocenters. The van der Waals surface area contributed by atoms with Gasteiger partial charge in [-0.1, -0.05) is 0 Å². The molecule has 0 radical (unpaired) electrons. The number of fused-ring (bicyclic) bond motifs is 4. The van der Waals surface area contributed by atoms with E-state index in [1.54, 1.807) is 0 Å². The van der Waals surface area contributed by atoms with Crippen molar-refractivity contribution in [2.75, 3.05) is 19.6 Å². The van der Waals surface area contributed by atoms with E-state index in [4.69, 9.17) is 0 Å². The highest BCUT2D eigenvalue weighted by molar-refractivity contribution is 5.95. The highest BCUT2D eigenvalue weighted by Crippen LogP contribution is 2.27. The Morgan fingerprint density at radius 2 is 2.00 bits per heavy atom. The molecule has 1 amide bonds. The van der Waals surface area contributed by atoms with Crippen LogP contribution in [-0.4, -0.2) is 40.9 Å². The van der Waals surface area contributed by atoms with Crippen LogP contribution in [0.4, 0.5) is 0 Å². The van der Waals surface area contributed by atoms with Crippen molar-refractivity contribution in [2.24, 2.45) is 5.92 Å². The zero-order valence-electron chi connectivity index (χ0n) is 12.4. The summed E-state index contributed by atoms with van der Waals surface area (Å²) < 4.78 is 2.06. The van der Waals surface area contributed by atoms with Crippen molar-refractivity contribution in [2.45, 2.75) is 25.8 Å². The Kier molecular flexibility index (Phi) is 3.00. The van der Waals surface area contributed by atoms with Crippen molar-refractivity contribution < 1.29 is 4.79 Å². The number of pyridine rings is 1. The summed E-state index contributed by atoms with van der Waals surface area (Å²) in [5, 5.41) is 3.25. The Morgan fingerprint density at radius 3 is 2.71 bits per heavy atom. The molecular weight excluding hydrogens is 262 g/mol. The fourth-order valence-electron chi connectivity index (χ4n) is 3.76. The maximum atomic E-state index is 12.5. The van der Waals surface area contributed by atoms with E-state index in [-0.39, 0.29) is 5.91 Å². The van der Waals surface area contributed by atoms with Crippen LogP contribution >= 0.6 is 0 Å². The first-order valence-corrected chi connectivity index (χ1v) is 7.81. The van der Waals surface area contributed by atoms with E-state index >= 15 is 0 Å². The number of nitrogens with one attached hydrogen (secondary N) is 1. The van der Waals surface area contributed by atoms with E-state index in [0.29, 0.717) is 12.0 Å². The van der Waals surface area contributed by atoms with E-state index in [1.807, 2.05) is 24.5 Å². The van der Waals surface area contributed by atoms with Gasteiger partial charge in [0.05, 0.1) is 0 Å². The van der Waals surface area contributed by atoms with Gasteiger partial charge in [-0.2, -0.15) is 0 Å². The van der Waals surface area contributed by atoms with Crippen LogP contribution in [0.25, 0.3) is 5.52 Å². The summed E-state index contributed by atoms with van der Waals surface area (Å²) in [5.74, 6) is 0.731. The third-order valence-electron chi connectivity index (χ3n) is 5.11. The van der Waals surface area contributed by atoms with Crippen LogP contribution in [0.15, 0.2) is 30.6 Å². The molecule has 110 valence electrons. The number of nitrogens with zero attached hydrogens (tertiary/aromatic N) is 2. The lowest BCUT2D eigenvalue weighted by molar-refractivity contribution is 0.0620. The van der Waals surface area contributed by atoms with Crippen LogP contribution in [0.5, 0.6) is 0 Å². The normalized spacial score (nSPS) is 28.0. The molecule has 5 rings (SSSR count). The van der Waals surface area contributed by atoms with Gasteiger partial charge in [0.2, 0.25) is 0 Å². The molecule has 1 atom stereocenters. The first-order chi connectivity index (χ1) is 10.2. The lowest BCUT2D eigenvalue weighted by Gasteiger charge is -2.44. The minimum atomic E-state index is 0.0665. The number of hydrogen-bond donors (Lipinski definition) is 1. The molecule has 21 heavy (non-hydrogen) atoms. The topological polar surface area (TPSA) is 36.8 Å². The molecule has 1 N–H and O–H groups in total. The maximum Gasteiger partial charge on any atom is 0.251 e. The van der Waals surface area contributed by atoms with E-state index < -0.39 is 0 Å². The predicted octanol–water partition coefficient (Wildman–Crippen LogP) is 2.07. The van der Waals surface area contributed by atoms with Gasteiger partial charge in [-0.3, -0.25) is 4.79 Å². The summed E-state index contributed by atoms with van der Waals surface area (Å²) in [6, 6.07) is 6.30. The highest BCUT2D eigenvalue weighted by Gasteiger charge is 2.34. The fraction of sp³-hybridized carbons (Fsp3) is 0.471. The smallest absolute Gasteiger partial charge is 0.251 e. The quantitative estimate of drug-likeness (QED) is 0.916. The van der Waals surface area contributed by atoms with Crippen LogP contribution in [0.3, 0.4) is 0 Å². The molecule has 2 bridgehead atoms. The number of carbonyl (C=O) groups is 1. The summed E-state index contributed by atoms with van der Waals surface area (Å²) in [5.41, 5.74) is 3.07. The molecule has 0 spiro atoms. The number of piperidine rings is 3. The molecule has 4 nitrogen and oxygen atoms in total. The lowest BCUT2D eigenvalue weighted by atomic mass is 9.84. The highest BCUT2D eigenvalue weighted by atomic mass is 16.1. The van der Waals surface area contributed by atoms with Gasteiger partial charge in [-0.05, 0) is 62.5 Å². The second kappa shape index (κ2) is 4.88. The molecule has 4 heteroatoms. The maximum absolute atomic E-state index is 12.5. The molecule has 3 aliphatic heterocycles. The second-order valence-electron chi connectivity index (χ2n) is 6.42. The molecule has 2 aromatic heterocycles. The number of carbonyl (C=O) groups excluding carboxylic acids is 1. The van der Waals surface area contributed by atoms with Gasteiger partial charge in [0.1, 0.15) is 0 Å². The average molecular weight is 283 g/mol. The summed E-state index contributed by atoms with van der Waals surface area (Å²) in [6.45, 7) is 5.49. The zero-order chi connectivity index (χ0) is 14.4. The van der Waals surface area contributed by atoms with E-state index in [0.717, 1.165) is 17.6 Å². The van der Waals surface area contributed by atoms with Crippen molar-refractivity contribution in [3.05, 3.63) is 41.7 Å². The Hall–Kier alpha value is -1.81. The number of hydrogen-bond acceptors (Lipinski definition) is 2. The van der Waals surface area contributed by atoms with Gasteiger partial charge in [0, 0.05) is 36.1 Å². The van der Waals surface area contributed by atoms with Gasteiger partial charge in [0.15, 0.2) is 0 Å². The van der Waals surface area contributed by atoms with Gasteiger partial charge >= 0.3 is 0 Å². The van der Waals surface area contributed by atoms with Crippen LogP contribution in [0.2, 0.25) is 0 Å². The minimum Gasteiger partial charge on any atom is -0.348 e. The van der Waals surface area contributed by atoms with Crippen LogP contribution in [-0.2, 0) is 0 Å². The van der Waals surface area contributed by atoms with Crippen molar-refractivity contribution in [1.82, 2.24) is 14.6 Å². The summed E-state index contributed by atoms with van der Waals surface area (Å²) in [6.07, 6.45) is 6.44. The molecule has 3 saturated heterocycles. The SMILES string of the molecule is Cc1ccn2ccc(C(=O)NC3CN4CCC3CC4)cc12. The molecule has 5 heterocycles.